The van der Waals surface area contributed by atoms with Gasteiger partial charge in [-0.1, -0.05) is 34.8 Å². The second kappa shape index (κ2) is 5.68. The van der Waals surface area contributed by atoms with Gasteiger partial charge in [-0.3, -0.25) is 4.79 Å². The number of nitrogens with two attached hydrogens (primary N) is 1. The largest absolute Gasteiger partial charge is 0.337 e. The maximum absolute atomic E-state index is 12.4. The summed E-state index contributed by atoms with van der Waals surface area (Å²) in [6.45, 7) is 2.00. The Bertz CT molecular complexity index is 572. The van der Waals surface area contributed by atoms with E-state index in [1.807, 2.05) is 23.1 Å². The van der Waals surface area contributed by atoms with Crippen LogP contribution in [0.4, 0.5) is 0 Å². The summed E-state index contributed by atoms with van der Waals surface area (Å²) in [4.78, 5) is 14.8. The van der Waals surface area contributed by atoms with Gasteiger partial charge in [0.1, 0.15) is 4.88 Å². The van der Waals surface area contributed by atoms with Crippen molar-refractivity contribution in [3.8, 4) is 0 Å². The summed E-state index contributed by atoms with van der Waals surface area (Å²) in [7, 11) is 0. The van der Waals surface area contributed by atoms with Crippen molar-refractivity contribution in [1.29, 1.82) is 0 Å². The molecule has 2 aromatic rings. The lowest BCUT2D eigenvalue weighted by Gasteiger charge is -2.16. The van der Waals surface area contributed by atoms with E-state index in [2.05, 4.69) is 21.7 Å². The molecule has 2 N–H and O–H groups in total. The zero-order chi connectivity index (χ0) is 13.9. The lowest BCUT2D eigenvalue weighted by Crippen LogP contribution is -2.29. The maximum Gasteiger partial charge on any atom is 0.267 e. The normalized spacial score (nSPS) is 22.1. The Morgan fingerprint density at radius 1 is 1.35 bits per heavy atom. The third kappa shape index (κ3) is 2.44. The molecule has 1 aliphatic heterocycles. The molecule has 1 saturated heterocycles. The van der Waals surface area contributed by atoms with E-state index in [0.29, 0.717) is 36.3 Å². The van der Waals surface area contributed by atoms with Crippen molar-refractivity contribution >= 4 is 17.4 Å². The standard InChI is InChI=1S/C14H16N4OS/c15-6-11-8-18(14(19)13-7-16-17-20-13)9-12(11)10-4-2-1-3-5-10/h1-5,7,11-12H,6,8-9,15H2/t11-,12+/m1/s1. The van der Waals surface area contributed by atoms with Gasteiger partial charge < -0.3 is 10.6 Å². The lowest BCUT2D eigenvalue weighted by molar-refractivity contribution is 0.0791. The lowest BCUT2D eigenvalue weighted by atomic mass is 9.89. The number of rotatable bonds is 3. The van der Waals surface area contributed by atoms with Gasteiger partial charge in [-0.15, -0.1) is 5.10 Å². The predicted octanol–water partition coefficient (Wildman–Crippen LogP) is 1.35. The molecule has 0 saturated carbocycles. The van der Waals surface area contributed by atoms with Gasteiger partial charge in [0.15, 0.2) is 0 Å². The molecule has 1 aliphatic rings. The SMILES string of the molecule is NC[C@@H]1CN(C(=O)c2cnns2)C[C@H]1c1ccccc1. The quantitative estimate of drug-likeness (QED) is 0.925. The van der Waals surface area contributed by atoms with Gasteiger partial charge in [0.25, 0.3) is 5.91 Å². The van der Waals surface area contributed by atoms with Crippen LogP contribution in [0, 0.1) is 5.92 Å². The van der Waals surface area contributed by atoms with Crippen molar-refractivity contribution in [2.24, 2.45) is 11.7 Å². The minimum absolute atomic E-state index is 0.0110. The molecule has 1 amide bonds. The number of carbonyl (C=O) groups excluding carboxylic acids is 1. The highest BCUT2D eigenvalue weighted by molar-refractivity contribution is 7.07. The van der Waals surface area contributed by atoms with E-state index >= 15 is 0 Å². The number of aromatic nitrogens is 2. The van der Waals surface area contributed by atoms with Gasteiger partial charge in [0.05, 0.1) is 6.20 Å². The van der Waals surface area contributed by atoms with Gasteiger partial charge in [-0.05, 0) is 29.6 Å². The smallest absolute Gasteiger partial charge is 0.267 e. The van der Waals surface area contributed by atoms with Gasteiger partial charge in [0.2, 0.25) is 0 Å². The molecule has 0 spiro atoms. The number of hydrogen-bond donors (Lipinski definition) is 1. The van der Waals surface area contributed by atoms with E-state index in [4.69, 9.17) is 5.73 Å². The minimum Gasteiger partial charge on any atom is -0.337 e. The van der Waals surface area contributed by atoms with E-state index in [-0.39, 0.29) is 5.91 Å². The van der Waals surface area contributed by atoms with Gasteiger partial charge in [-0.2, -0.15) is 0 Å². The molecule has 6 heteroatoms. The average molecular weight is 288 g/mol. The Morgan fingerprint density at radius 2 is 2.15 bits per heavy atom. The van der Waals surface area contributed by atoms with Gasteiger partial charge >= 0.3 is 0 Å². The first-order valence-corrected chi connectivity index (χ1v) is 7.38. The van der Waals surface area contributed by atoms with Crippen molar-refractivity contribution in [2.75, 3.05) is 19.6 Å². The number of amides is 1. The zero-order valence-corrected chi connectivity index (χ0v) is 11.8. The predicted molar refractivity (Wildman–Crippen MR) is 77.5 cm³/mol. The fourth-order valence-electron chi connectivity index (χ4n) is 2.77. The van der Waals surface area contributed by atoms with Crippen molar-refractivity contribution in [3.63, 3.8) is 0 Å². The first kappa shape index (κ1) is 13.2. The Hall–Kier alpha value is -1.79. The summed E-state index contributed by atoms with van der Waals surface area (Å²) in [6, 6.07) is 10.3. The summed E-state index contributed by atoms with van der Waals surface area (Å²) < 4.78 is 3.75. The number of nitrogens with zero attached hydrogens (tertiary/aromatic N) is 3. The van der Waals surface area contributed by atoms with Crippen molar-refractivity contribution < 1.29 is 4.79 Å². The van der Waals surface area contributed by atoms with E-state index in [1.54, 1.807) is 0 Å². The van der Waals surface area contributed by atoms with Gasteiger partial charge in [-0.25, -0.2) is 0 Å². The van der Waals surface area contributed by atoms with Crippen LogP contribution in [0.25, 0.3) is 0 Å². The Morgan fingerprint density at radius 3 is 2.80 bits per heavy atom. The summed E-state index contributed by atoms with van der Waals surface area (Å²) in [6.07, 6.45) is 1.53. The van der Waals surface area contributed by atoms with Crippen LogP contribution in [0.1, 0.15) is 21.2 Å². The molecule has 0 unspecified atom stereocenters. The van der Waals surface area contributed by atoms with Crippen LogP contribution in [0.15, 0.2) is 36.5 Å². The number of likely N-dealkylation sites (tertiary alicyclic amines) is 1. The molecule has 104 valence electrons. The molecule has 2 heterocycles. The summed E-state index contributed by atoms with van der Waals surface area (Å²) >= 11 is 1.14. The minimum atomic E-state index is 0.0110. The van der Waals surface area contributed by atoms with E-state index < -0.39 is 0 Å². The fourth-order valence-corrected chi connectivity index (χ4v) is 3.25. The van der Waals surface area contributed by atoms with Crippen molar-refractivity contribution in [3.05, 3.63) is 47.0 Å². The van der Waals surface area contributed by atoms with Crippen LogP contribution in [0.5, 0.6) is 0 Å². The fraction of sp³-hybridized carbons (Fsp3) is 0.357. The van der Waals surface area contributed by atoms with Crippen LogP contribution < -0.4 is 5.73 Å². The molecule has 5 nitrogen and oxygen atoms in total. The number of benzene rings is 1. The highest BCUT2D eigenvalue weighted by Crippen LogP contribution is 2.32. The molecular weight excluding hydrogens is 272 g/mol. The first-order chi connectivity index (χ1) is 9.79. The molecule has 20 heavy (non-hydrogen) atoms. The van der Waals surface area contributed by atoms with E-state index in [1.165, 1.54) is 11.8 Å². The molecule has 2 atom stereocenters. The Balaban J connectivity index is 1.80. The molecular formula is C14H16N4OS. The highest BCUT2D eigenvalue weighted by atomic mass is 32.1. The first-order valence-electron chi connectivity index (χ1n) is 6.61. The summed E-state index contributed by atoms with van der Waals surface area (Å²) in [5.74, 6) is 0.630. The molecule has 0 aliphatic carbocycles. The monoisotopic (exact) mass is 288 g/mol. The Labute approximate surface area is 121 Å². The number of hydrogen-bond acceptors (Lipinski definition) is 5. The topological polar surface area (TPSA) is 72.1 Å². The van der Waals surface area contributed by atoms with E-state index in [0.717, 1.165) is 11.5 Å². The molecule has 0 radical (unpaired) electrons. The highest BCUT2D eigenvalue weighted by Gasteiger charge is 2.35. The third-order valence-corrected chi connectivity index (χ3v) is 4.48. The zero-order valence-electron chi connectivity index (χ0n) is 11.0. The molecule has 1 fully saturated rings. The maximum atomic E-state index is 12.4. The van der Waals surface area contributed by atoms with Crippen molar-refractivity contribution in [1.82, 2.24) is 14.5 Å². The van der Waals surface area contributed by atoms with Crippen molar-refractivity contribution in [2.45, 2.75) is 5.92 Å². The molecule has 1 aromatic heterocycles. The second-order valence-corrected chi connectivity index (χ2v) is 5.79. The molecule has 1 aromatic carbocycles. The Kier molecular flexibility index (Phi) is 3.75. The average Bonchev–Trinajstić information content (AvgIpc) is 3.17. The van der Waals surface area contributed by atoms with Crippen LogP contribution in [-0.4, -0.2) is 40.0 Å². The summed E-state index contributed by atoms with van der Waals surface area (Å²) in [5, 5.41) is 3.73. The third-order valence-electron chi connectivity index (χ3n) is 3.83. The van der Waals surface area contributed by atoms with Crippen LogP contribution in [0.3, 0.4) is 0 Å². The van der Waals surface area contributed by atoms with Crippen LogP contribution in [0.2, 0.25) is 0 Å². The van der Waals surface area contributed by atoms with E-state index in [9.17, 15) is 4.79 Å². The second-order valence-electron chi connectivity index (χ2n) is 5.00. The molecule has 3 rings (SSSR count). The van der Waals surface area contributed by atoms with Gasteiger partial charge in [0, 0.05) is 19.0 Å². The summed E-state index contributed by atoms with van der Waals surface area (Å²) in [5.41, 5.74) is 7.13. The molecule has 0 bridgehead atoms. The number of carbonyl (C=O) groups is 1. The van der Waals surface area contributed by atoms with Crippen LogP contribution in [-0.2, 0) is 0 Å². The van der Waals surface area contributed by atoms with Crippen LogP contribution >= 0.6 is 11.5 Å².